The Morgan fingerprint density at radius 1 is 1.00 bits per heavy atom. The molecular formula is C21H18N2O5S. The van der Waals surface area contributed by atoms with Gasteiger partial charge in [0, 0.05) is 28.2 Å². The van der Waals surface area contributed by atoms with Gasteiger partial charge in [-0.25, -0.2) is 8.42 Å². The Morgan fingerprint density at radius 2 is 1.69 bits per heavy atom. The predicted octanol–water partition coefficient (Wildman–Crippen LogP) is 3.60. The minimum Gasteiger partial charge on any atom is -0.338 e. The first-order chi connectivity index (χ1) is 13.6. The number of amides is 1. The summed E-state index contributed by atoms with van der Waals surface area (Å²) in [5, 5.41) is 6.50. The molecule has 0 fully saturated rings. The molecule has 148 valence electrons. The maximum absolute atomic E-state index is 13.0. The molecule has 0 aliphatic carbocycles. The van der Waals surface area contributed by atoms with Crippen LogP contribution in [0.5, 0.6) is 0 Å². The number of carbonyl (C=O) groups excluding carboxylic acids is 2. The van der Waals surface area contributed by atoms with Crippen LogP contribution in [0.4, 0.5) is 5.88 Å². The van der Waals surface area contributed by atoms with Crippen molar-refractivity contribution in [3.05, 3.63) is 70.9 Å². The van der Waals surface area contributed by atoms with Crippen LogP contribution >= 0.6 is 0 Å². The Bertz CT molecular complexity index is 1270. The number of sulfone groups is 1. The highest BCUT2D eigenvalue weighted by Crippen LogP contribution is 2.35. The van der Waals surface area contributed by atoms with Gasteiger partial charge in [-0.3, -0.25) is 14.9 Å². The van der Waals surface area contributed by atoms with Gasteiger partial charge in [-0.1, -0.05) is 38.1 Å². The van der Waals surface area contributed by atoms with E-state index in [0.29, 0.717) is 5.69 Å². The lowest BCUT2D eigenvalue weighted by Crippen LogP contribution is -2.21. The number of fused-ring (bicyclic) bond motifs is 2. The molecule has 0 saturated heterocycles. The maximum Gasteiger partial charge on any atom is 0.258 e. The van der Waals surface area contributed by atoms with E-state index in [9.17, 15) is 18.0 Å². The zero-order valence-electron chi connectivity index (χ0n) is 16.0. The second kappa shape index (κ2) is 6.38. The smallest absolute Gasteiger partial charge is 0.258 e. The summed E-state index contributed by atoms with van der Waals surface area (Å²) in [4.78, 5) is 25.1. The Balaban J connectivity index is 1.70. The van der Waals surface area contributed by atoms with Crippen LogP contribution in [-0.2, 0) is 15.3 Å². The van der Waals surface area contributed by atoms with Crippen molar-refractivity contribution in [1.82, 2.24) is 5.16 Å². The summed E-state index contributed by atoms with van der Waals surface area (Å²) >= 11 is 0. The molecule has 2 aromatic carbocycles. The molecule has 29 heavy (non-hydrogen) atoms. The number of hydrogen-bond donors (Lipinski definition) is 1. The summed E-state index contributed by atoms with van der Waals surface area (Å²) in [7, 11) is -3.92. The van der Waals surface area contributed by atoms with Crippen molar-refractivity contribution in [1.29, 1.82) is 0 Å². The lowest BCUT2D eigenvalue weighted by atomic mass is 9.92. The molecule has 3 aromatic rings. The Morgan fingerprint density at radius 3 is 2.38 bits per heavy atom. The Labute approximate surface area is 167 Å². The highest BCUT2D eigenvalue weighted by atomic mass is 32.2. The van der Waals surface area contributed by atoms with Crippen LogP contribution in [0.25, 0.3) is 0 Å². The van der Waals surface area contributed by atoms with Gasteiger partial charge in [0.2, 0.25) is 15.7 Å². The van der Waals surface area contributed by atoms with Crippen molar-refractivity contribution in [2.24, 2.45) is 0 Å². The molecule has 0 saturated carbocycles. The van der Waals surface area contributed by atoms with E-state index in [1.807, 2.05) is 20.8 Å². The van der Waals surface area contributed by atoms with Crippen molar-refractivity contribution in [3.8, 4) is 0 Å². The summed E-state index contributed by atoms with van der Waals surface area (Å²) in [5.41, 5.74) is 0.694. The average molecular weight is 410 g/mol. The second-order valence-corrected chi connectivity index (χ2v) is 9.71. The topological polar surface area (TPSA) is 106 Å². The van der Waals surface area contributed by atoms with E-state index in [-0.39, 0.29) is 43.6 Å². The first kappa shape index (κ1) is 19.1. The zero-order valence-corrected chi connectivity index (χ0v) is 16.8. The van der Waals surface area contributed by atoms with Crippen LogP contribution < -0.4 is 5.32 Å². The largest absolute Gasteiger partial charge is 0.338 e. The van der Waals surface area contributed by atoms with E-state index in [4.69, 9.17) is 4.52 Å². The van der Waals surface area contributed by atoms with Gasteiger partial charge in [-0.2, -0.15) is 0 Å². The van der Waals surface area contributed by atoms with Crippen LogP contribution in [0.2, 0.25) is 0 Å². The number of anilines is 1. The third-order valence-electron chi connectivity index (χ3n) is 4.71. The molecular weight excluding hydrogens is 392 g/mol. The fraction of sp³-hybridized carbons (Fsp3) is 0.190. The number of benzene rings is 2. The van der Waals surface area contributed by atoms with Crippen LogP contribution in [-0.4, -0.2) is 25.3 Å². The molecule has 4 rings (SSSR count). The molecule has 1 aliphatic rings. The van der Waals surface area contributed by atoms with Crippen molar-refractivity contribution in [3.63, 3.8) is 0 Å². The zero-order chi connectivity index (χ0) is 21.0. The van der Waals surface area contributed by atoms with Gasteiger partial charge in [0.25, 0.3) is 5.91 Å². The third-order valence-corrected chi connectivity index (χ3v) is 6.57. The Hall–Kier alpha value is -3.26. The number of rotatable bonds is 2. The van der Waals surface area contributed by atoms with E-state index in [2.05, 4.69) is 10.5 Å². The second-order valence-electron chi connectivity index (χ2n) is 7.82. The molecule has 1 N–H and O–H groups in total. The molecule has 7 nitrogen and oxygen atoms in total. The summed E-state index contributed by atoms with van der Waals surface area (Å²) in [6, 6.07) is 11.7. The van der Waals surface area contributed by atoms with Crippen molar-refractivity contribution >= 4 is 27.4 Å². The quantitative estimate of drug-likeness (QED) is 0.541. The van der Waals surface area contributed by atoms with Crippen molar-refractivity contribution in [2.45, 2.75) is 36.0 Å². The van der Waals surface area contributed by atoms with E-state index < -0.39 is 15.7 Å². The predicted molar refractivity (Wildman–Crippen MR) is 105 cm³/mol. The van der Waals surface area contributed by atoms with Gasteiger partial charge in [0.05, 0.1) is 15.5 Å². The third kappa shape index (κ3) is 3.15. The molecule has 0 atom stereocenters. The molecule has 1 amide bonds. The highest BCUT2D eigenvalue weighted by Gasteiger charge is 2.35. The van der Waals surface area contributed by atoms with Gasteiger partial charge in [-0.05, 0) is 30.3 Å². The lowest BCUT2D eigenvalue weighted by molar-refractivity contribution is 0.101. The van der Waals surface area contributed by atoms with Crippen LogP contribution in [0, 0.1) is 0 Å². The first-order valence-electron chi connectivity index (χ1n) is 8.90. The Kier molecular flexibility index (Phi) is 4.20. The van der Waals surface area contributed by atoms with Crippen LogP contribution in [0.3, 0.4) is 0 Å². The standard InChI is InChI=1S/C21H18N2O5S/c1-21(2,3)17-11-18(28-23-17)22-20(25)12-8-9-14-16(10-12)29(26,27)15-7-5-4-6-13(15)19(14)24/h4-11H,1-3H3,(H,22,25). The van der Waals surface area contributed by atoms with Gasteiger partial charge in [-0.15, -0.1) is 0 Å². The molecule has 0 unspecified atom stereocenters. The van der Waals surface area contributed by atoms with Gasteiger partial charge in [0.15, 0.2) is 5.78 Å². The van der Waals surface area contributed by atoms with Crippen LogP contribution in [0.15, 0.2) is 62.8 Å². The number of nitrogens with zero attached hydrogens (tertiary/aromatic N) is 1. The maximum atomic E-state index is 13.0. The number of nitrogens with one attached hydrogen (secondary N) is 1. The fourth-order valence-corrected chi connectivity index (χ4v) is 4.77. The number of hydrogen-bond acceptors (Lipinski definition) is 6. The number of ketones is 1. The molecule has 0 bridgehead atoms. The highest BCUT2D eigenvalue weighted by molar-refractivity contribution is 7.91. The summed E-state index contributed by atoms with van der Waals surface area (Å²) < 4.78 is 31.1. The first-order valence-corrected chi connectivity index (χ1v) is 10.4. The SMILES string of the molecule is CC(C)(C)c1cc(NC(=O)c2ccc3c(c2)S(=O)(=O)c2ccccc2C3=O)on1. The molecule has 1 aromatic heterocycles. The molecule has 1 aliphatic heterocycles. The number of carbonyl (C=O) groups is 2. The minimum atomic E-state index is -3.92. The van der Waals surface area contributed by atoms with E-state index in [0.717, 1.165) is 0 Å². The lowest BCUT2D eigenvalue weighted by Gasteiger charge is -2.19. The van der Waals surface area contributed by atoms with E-state index in [1.54, 1.807) is 18.2 Å². The van der Waals surface area contributed by atoms with E-state index >= 15 is 0 Å². The van der Waals surface area contributed by atoms with E-state index in [1.165, 1.54) is 30.3 Å². The summed E-state index contributed by atoms with van der Waals surface area (Å²) in [6.07, 6.45) is 0. The average Bonchev–Trinajstić information content (AvgIpc) is 3.15. The van der Waals surface area contributed by atoms with Crippen molar-refractivity contribution < 1.29 is 22.5 Å². The molecule has 0 spiro atoms. The van der Waals surface area contributed by atoms with Gasteiger partial charge in [0.1, 0.15) is 0 Å². The molecule has 2 heterocycles. The molecule has 8 heteroatoms. The van der Waals surface area contributed by atoms with Gasteiger partial charge >= 0.3 is 0 Å². The fourth-order valence-electron chi connectivity index (χ4n) is 3.10. The van der Waals surface area contributed by atoms with Gasteiger partial charge < -0.3 is 4.52 Å². The monoisotopic (exact) mass is 410 g/mol. The normalized spacial score (nSPS) is 14.8. The minimum absolute atomic E-state index is 0.0509. The number of aromatic nitrogens is 1. The summed E-state index contributed by atoms with van der Waals surface area (Å²) in [6.45, 7) is 5.87. The molecule has 0 radical (unpaired) electrons. The van der Waals surface area contributed by atoms with Crippen molar-refractivity contribution in [2.75, 3.05) is 5.32 Å². The summed E-state index contributed by atoms with van der Waals surface area (Å²) in [5.74, 6) is -0.796. The van der Waals surface area contributed by atoms with Crippen LogP contribution in [0.1, 0.15) is 52.7 Å².